The molecule has 0 spiro atoms. The van der Waals surface area contributed by atoms with Crippen molar-refractivity contribution in [3.63, 3.8) is 0 Å². The molecule has 0 aliphatic carbocycles. The van der Waals surface area contributed by atoms with Gasteiger partial charge >= 0.3 is 6.30 Å². The molecule has 0 radical (unpaired) electrons. The SMILES string of the molecule is CCCCC(=O)N1CCN(CCOc2cccc(C3CCN(C(F)(F)F)CC3)c2)CC1. The Labute approximate surface area is 183 Å². The first kappa shape index (κ1) is 23.9. The lowest BCUT2D eigenvalue weighted by molar-refractivity contribution is -0.250. The van der Waals surface area contributed by atoms with Gasteiger partial charge in [0.2, 0.25) is 5.91 Å². The average molecular weight is 442 g/mol. The van der Waals surface area contributed by atoms with Crippen molar-refractivity contribution in [1.29, 1.82) is 0 Å². The van der Waals surface area contributed by atoms with Crippen LogP contribution in [0.2, 0.25) is 0 Å². The normalized spacial score (nSPS) is 19.5. The van der Waals surface area contributed by atoms with E-state index >= 15 is 0 Å². The van der Waals surface area contributed by atoms with Crippen LogP contribution in [0, 0.1) is 0 Å². The Balaban J connectivity index is 1.39. The number of piperidine rings is 1. The van der Waals surface area contributed by atoms with Gasteiger partial charge in [-0.2, -0.15) is 13.2 Å². The number of hydrogen-bond acceptors (Lipinski definition) is 4. The van der Waals surface area contributed by atoms with E-state index in [-0.39, 0.29) is 24.9 Å². The highest BCUT2D eigenvalue weighted by Gasteiger charge is 2.39. The van der Waals surface area contributed by atoms with E-state index in [1.807, 2.05) is 29.2 Å². The minimum absolute atomic E-state index is 0.0478. The van der Waals surface area contributed by atoms with Crippen LogP contribution in [0.4, 0.5) is 13.2 Å². The fourth-order valence-corrected chi connectivity index (χ4v) is 4.32. The zero-order valence-electron chi connectivity index (χ0n) is 18.4. The van der Waals surface area contributed by atoms with E-state index in [0.717, 1.165) is 56.9 Å². The van der Waals surface area contributed by atoms with Crippen molar-refractivity contribution in [3.05, 3.63) is 29.8 Å². The molecule has 2 heterocycles. The lowest BCUT2D eigenvalue weighted by Gasteiger charge is -2.34. The lowest BCUT2D eigenvalue weighted by atomic mass is 9.89. The van der Waals surface area contributed by atoms with Crippen LogP contribution >= 0.6 is 0 Å². The number of rotatable bonds is 8. The molecule has 0 aromatic heterocycles. The summed E-state index contributed by atoms with van der Waals surface area (Å²) < 4.78 is 44.4. The van der Waals surface area contributed by atoms with Gasteiger partial charge in [-0.1, -0.05) is 25.5 Å². The monoisotopic (exact) mass is 441 g/mol. The van der Waals surface area contributed by atoms with Gasteiger partial charge in [0.15, 0.2) is 0 Å². The predicted octanol–water partition coefficient (Wildman–Crippen LogP) is 4.10. The maximum atomic E-state index is 12.8. The van der Waals surface area contributed by atoms with Gasteiger partial charge in [-0.15, -0.1) is 0 Å². The average Bonchev–Trinajstić information content (AvgIpc) is 2.77. The molecule has 2 aliphatic rings. The number of nitrogens with zero attached hydrogens (tertiary/aromatic N) is 3. The van der Waals surface area contributed by atoms with Gasteiger partial charge in [-0.05, 0) is 42.9 Å². The molecular formula is C23H34F3N3O2. The summed E-state index contributed by atoms with van der Waals surface area (Å²) in [4.78, 5) is 17.0. The highest BCUT2D eigenvalue weighted by atomic mass is 19.4. The topological polar surface area (TPSA) is 36.0 Å². The number of likely N-dealkylation sites (tertiary alicyclic amines) is 1. The maximum Gasteiger partial charge on any atom is 0.459 e. The van der Waals surface area contributed by atoms with Crippen LogP contribution in [-0.4, -0.2) is 79.3 Å². The van der Waals surface area contributed by atoms with E-state index in [1.165, 1.54) is 0 Å². The maximum absolute atomic E-state index is 12.8. The minimum Gasteiger partial charge on any atom is -0.492 e. The quantitative estimate of drug-likeness (QED) is 0.569. The number of ether oxygens (including phenoxy) is 1. The van der Waals surface area contributed by atoms with Crippen molar-refractivity contribution in [1.82, 2.24) is 14.7 Å². The van der Waals surface area contributed by atoms with Crippen molar-refractivity contribution in [3.8, 4) is 5.75 Å². The predicted molar refractivity (Wildman–Crippen MR) is 114 cm³/mol. The first-order valence-corrected chi connectivity index (χ1v) is 11.4. The first-order valence-electron chi connectivity index (χ1n) is 11.4. The number of carbonyl (C=O) groups excluding carboxylic acids is 1. The summed E-state index contributed by atoms with van der Waals surface area (Å²) in [7, 11) is 0. The molecule has 1 aromatic carbocycles. The second-order valence-electron chi connectivity index (χ2n) is 8.48. The largest absolute Gasteiger partial charge is 0.492 e. The second kappa shape index (κ2) is 11.2. The molecule has 0 atom stereocenters. The Morgan fingerprint density at radius 1 is 1.10 bits per heavy atom. The van der Waals surface area contributed by atoms with E-state index in [1.54, 1.807) is 0 Å². The number of halogens is 3. The third-order valence-corrected chi connectivity index (χ3v) is 6.33. The number of piperazine rings is 1. The van der Waals surface area contributed by atoms with Gasteiger partial charge in [0.25, 0.3) is 0 Å². The zero-order valence-corrected chi connectivity index (χ0v) is 18.4. The summed E-state index contributed by atoms with van der Waals surface area (Å²) in [5, 5.41) is 0. The van der Waals surface area contributed by atoms with E-state index in [0.29, 0.717) is 30.8 Å². The Morgan fingerprint density at radius 3 is 2.45 bits per heavy atom. The van der Waals surface area contributed by atoms with E-state index < -0.39 is 6.30 Å². The smallest absolute Gasteiger partial charge is 0.459 e. The Hall–Kier alpha value is -1.80. The fourth-order valence-electron chi connectivity index (χ4n) is 4.32. The molecule has 31 heavy (non-hydrogen) atoms. The zero-order chi connectivity index (χ0) is 22.3. The standard InChI is InChI=1S/C23H34F3N3O2/c1-2-3-7-22(30)28-14-12-27(13-15-28)16-17-31-21-6-4-5-20(18-21)19-8-10-29(11-9-19)23(24,25)26/h4-6,18-19H,2-3,7-17H2,1H3. The van der Waals surface area contributed by atoms with E-state index in [4.69, 9.17) is 4.74 Å². The summed E-state index contributed by atoms with van der Waals surface area (Å²) in [6, 6.07) is 7.77. The van der Waals surface area contributed by atoms with Gasteiger partial charge in [0.05, 0.1) is 0 Å². The second-order valence-corrected chi connectivity index (χ2v) is 8.48. The van der Waals surface area contributed by atoms with Crippen LogP contribution in [0.5, 0.6) is 5.75 Å². The molecule has 5 nitrogen and oxygen atoms in total. The van der Waals surface area contributed by atoms with E-state index in [9.17, 15) is 18.0 Å². The van der Waals surface area contributed by atoms with Crippen molar-refractivity contribution < 1.29 is 22.7 Å². The number of carbonyl (C=O) groups is 1. The molecule has 1 aromatic rings. The molecule has 0 unspecified atom stereocenters. The number of amides is 1. The molecular weight excluding hydrogens is 407 g/mol. The van der Waals surface area contributed by atoms with Gasteiger partial charge in [0, 0.05) is 52.2 Å². The van der Waals surface area contributed by atoms with Crippen LogP contribution in [0.15, 0.2) is 24.3 Å². The number of hydrogen-bond donors (Lipinski definition) is 0. The van der Waals surface area contributed by atoms with Crippen molar-refractivity contribution >= 4 is 5.91 Å². The fraction of sp³-hybridized carbons (Fsp3) is 0.696. The minimum atomic E-state index is -4.23. The van der Waals surface area contributed by atoms with Gasteiger partial charge < -0.3 is 9.64 Å². The summed E-state index contributed by atoms with van der Waals surface area (Å²) in [6.45, 7) is 6.81. The van der Waals surface area contributed by atoms with Crippen molar-refractivity contribution in [2.45, 2.75) is 51.2 Å². The molecule has 0 bridgehead atoms. The summed E-state index contributed by atoms with van der Waals surface area (Å²) in [5.74, 6) is 1.17. The molecule has 8 heteroatoms. The Bertz CT molecular complexity index is 698. The molecule has 0 N–H and O–H groups in total. The van der Waals surface area contributed by atoms with Crippen LogP contribution in [0.1, 0.15) is 50.5 Å². The molecule has 174 valence electrons. The van der Waals surface area contributed by atoms with Gasteiger partial charge in [-0.25, -0.2) is 4.90 Å². The Morgan fingerprint density at radius 2 is 1.81 bits per heavy atom. The summed E-state index contributed by atoms with van der Waals surface area (Å²) in [5.41, 5.74) is 1.05. The molecule has 0 saturated carbocycles. The molecule has 1 amide bonds. The molecule has 2 fully saturated rings. The summed E-state index contributed by atoms with van der Waals surface area (Å²) in [6.07, 6.45) is -0.589. The van der Waals surface area contributed by atoms with Crippen molar-refractivity contribution in [2.24, 2.45) is 0 Å². The summed E-state index contributed by atoms with van der Waals surface area (Å²) >= 11 is 0. The third-order valence-electron chi connectivity index (χ3n) is 6.33. The lowest BCUT2D eigenvalue weighted by Crippen LogP contribution is -2.49. The van der Waals surface area contributed by atoms with Crippen LogP contribution in [0.25, 0.3) is 0 Å². The van der Waals surface area contributed by atoms with Crippen molar-refractivity contribution in [2.75, 3.05) is 52.4 Å². The van der Waals surface area contributed by atoms with Gasteiger partial charge in [-0.3, -0.25) is 9.69 Å². The first-order chi connectivity index (χ1) is 14.9. The van der Waals surface area contributed by atoms with Crippen LogP contribution < -0.4 is 4.74 Å². The molecule has 3 rings (SSSR count). The van der Waals surface area contributed by atoms with Gasteiger partial charge in [0.1, 0.15) is 12.4 Å². The van der Waals surface area contributed by atoms with E-state index in [2.05, 4.69) is 11.8 Å². The Kier molecular flexibility index (Phi) is 8.60. The highest BCUT2D eigenvalue weighted by Crippen LogP contribution is 2.34. The number of benzene rings is 1. The molecule has 2 saturated heterocycles. The number of alkyl halides is 3. The van der Waals surface area contributed by atoms with Crippen LogP contribution in [-0.2, 0) is 4.79 Å². The third kappa shape index (κ3) is 7.10. The molecule has 2 aliphatic heterocycles. The number of unbranched alkanes of at least 4 members (excludes halogenated alkanes) is 1. The highest BCUT2D eigenvalue weighted by molar-refractivity contribution is 5.76. The van der Waals surface area contributed by atoms with Crippen LogP contribution in [0.3, 0.4) is 0 Å².